The molecule has 0 atom stereocenters. The molecule has 0 aliphatic carbocycles. The second-order valence-corrected chi connectivity index (χ2v) is 4.78. The lowest BCUT2D eigenvalue weighted by atomic mass is 10.2. The number of nitrogens with one attached hydrogen (secondary N) is 1. The highest BCUT2D eigenvalue weighted by Crippen LogP contribution is 2.22. The molecule has 2 nitrogen and oxygen atoms in total. The Hall–Kier alpha value is -0.540. The molecular formula is C13H20BrNO. The van der Waals surface area contributed by atoms with Crippen molar-refractivity contribution in [3.8, 4) is 5.75 Å². The molecule has 90 valence electrons. The van der Waals surface area contributed by atoms with Crippen LogP contribution in [0.3, 0.4) is 0 Å². The van der Waals surface area contributed by atoms with Crippen LogP contribution in [0.2, 0.25) is 0 Å². The summed E-state index contributed by atoms with van der Waals surface area (Å²) in [5.41, 5.74) is 1.18. The predicted octanol–water partition coefficient (Wildman–Crippen LogP) is 3.53. The Labute approximate surface area is 107 Å². The first kappa shape index (κ1) is 13.5. The van der Waals surface area contributed by atoms with E-state index in [0.29, 0.717) is 0 Å². The maximum Gasteiger partial charge on any atom is 0.122 e. The molecule has 0 fully saturated rings. The SMILES string of the molecule is CCCNCCCOc1ccc(Br)cc1C. The third kappa shape index (κ3) is 4.99. The summed E-state index contributed by atoms with van der Waals surface area (Å²) >= 11 is 3.44. The van der Waals surface area contributed by atoms with Gasteiger partial charge in [-0.05, 0) is 56.6 Å². The van der Waals surface area contributed by atoms with E-state index >= 15 is 0 Å². The Balaban J connectivity index is 2.21. The van der Waals surface area contributed by atoms with Gasteiger partial charge in [0.05, 0.1) is 6.61 Å². The highest BCUT2D eigenvalue weighted by molar-refractivity contribution is 9.10. The van der Waals surface area contributed by atoms with Gasteiger partial charge in [0.15, 0.2) is 0 Å². The van der Waals surface area contributed by atoms with E-state index in [-0.39, 0.29) is 0 Å². The lowest BCUT2D eigenvalue weighted by Crippen LogP contribution is -2.18. The lowest BCUT2D eigenvalue weighted by Gasteiger charge is -2.09. The molecule has 3 heteroatoms. The fourth-order valence-corrected chi connectivity index (χ4v) is 1.93. The van der Waals surface area contributed by atoms with Gasteiger partial charge in [0.2, 0.25) is 0 Å². The third-order valence-corrected chi connectivity index (χ3v) is 2.81. The van der Waals surface area contributed by atoms with Crippen LogP contribution in [0.15, 0.2) is 22.7 Å². The highest BCUT2D eigenvalue weighted by Gasteiger charge is 1.99. The Bertz CT molecular complexity index is 315. The van der Waals surface area contributed by atoms with Crippen molar-refractivity contribution in [2.75, 3.05) is 19.7 Å². The second kappa shape index (κ2) is 7.69. The zero-order valence-electron chi connectivity index (χ0n) is 10.1. The minimum atomic E-state index is 0.777. The summed E-state index contributed by atoms with van der Waals surface area (Å²) in [4.78, 5) is 0. The maximum atomic E-state index is 5.71. The number of rotatable bonds is 7. The minimum absolute atomic E-state index is 0.777. The van der Waals surface area contributed by atoms with Crippen LogP contribution in [-0.4, -0.2) is 19.7 Å². The number of ether oxygens (including phenoxy) is 1. The Morgan fingerprint density at radius 2 is 2.12 bits per heavy atom. The van der Waals surface area contributed by atoms with Crippen LogP contribution >= 0.6 is 15.9 Å². The Kier molecular flexibility index (Phi) is 6.50. The van der Waals surface area contributed by atoms with Gasteiger partial charge in [-0.25, -0.2) is 0 Å². The molecule has 0 amide bonds. The van der Waals surface area contributed by atoms with Crippen LogP contribution in [0.25, 0.3) is 0 Å². The molecule has 0 bridgehead atoms. The van der Waals surface area contributed by atoms with Gasteiger partial charge >= 0.3 is 0 Å². The Morgan fingerprint density at radius 3 is 2.81 bits per heavy atom. The molecule has 0 aliphatic rings. The fraction of sp³-hybridized carbons (Fsp3) is 0.538. The smallest absolute Gasteiger partial charge is 0.122 e. The largest absolute Gasteiger partial charge is 0.493 e. The molecule has 0 saturated heterocycles. The van der Waals surface area contributed by atoms with E-state index in [9.17, 15) is 0 Å². The molecule has 1 rings (SSSR count). The normalized spacial score (nSPS) is 10.4. The van der Waals surface area contributed by atoms with E-state index in [1.807, 2.05) is 12.1 Å². The van der Waals surface area contributed by atoms with Gasteiger partial charge in [-0.15, -0.1) is 0 Å². The molecule has 0 radical (unpaired) electrons. The van der Waals surface area contributed by atoms with Crippen molar-refractivity contribution in [2.24, 2.45) is 0 Å². The van der Waals surface area contributed by atoms with Gasteiger partial charge in [0, 0.05) is 4.47 Å². The number of halogens is 1. The van der Waals surface area contributed by atoms with E-state index < -0.39 is 0 Å². The third-order valence-electron chi connectivity index (χ3n) is 2.32. The van der Waals surface area contributed by atoms with Gasteiger partial charge in [-0.3, -0.25) is 0 Å². The van der Waals surface area contributed by atoms with Gasteiger partial charge < -0.3 is 10.1 Å². The van der Waals surface area contributed by atoms with Crippen molar-refractivity contribution in [3.05, 3.63) is 28.2 Å². The summed E-state index contributed by atoms with van der Waals surface area (Å²) in [5, 5.41) is 3.36. The van der Waals surface area contributed by atoms with E-state index in [2.05, 4.69) is 41.2 Å². The average molecular weight is 286 g/mol. The van der Waals surface area contributed by atoms with Crippen molar-refractivity contribution in [2.45, 2.75) is 26.7 Å². The van der Waals surface area contributed by atoms with Crippen molar-refractivity contribution in [3.63, 3.8) is 0 Å². The Morgan fingerprint density at radius 1 is 1.31 bits per heavy atom. The lowest BCUT2D eigenvalue weighted by molar-refractivity contribution is 0.306. The molecule has 0 spiro atoms. The van der Waals surface area contributed by atoms with Crippen molar-refractivity contribution in [1.29, 1.82) is 0 Å². The van der Waals surface area contributed by atoms with Gasteiger partial charge in [-0.1, -0.05) is 22.9 Å². The first-order valence-corrected chi connectivity index (χ1v) is 6.63. The van der Waals surface area contributed by atoms with Crippen LogP contribution in [0.1, 0.15) is 25.3 Å². The first-order chi connectivity index (χ1) is 7.74. The first-order valence-electron chi connectivity index (χ1n) is 5.83. The maximum absolute atomic E-state index is 5.71. The minimum Gasteiger partial charge on any atom is -0.493 e. The predicted molar refractivity (Wildman–Crippen MR) is 72.2 cm³/mol. The summed E-state index contributed by atoms with van der Waals surface area (Å²) in [6.45, 7) is 7.14. The summed E-state index contributed by atoms with van der Waals surface area (Å²) in [6.07, 6.45) is 2.24. The molecule has 16 heavy (non-hydrogen) atoms. The molecule has 1 aromatic carbocycles. The van der Waals surface area contributed by atoms with Crippen LogP contribution in [-0.2, 0) is 0 Å². The number of hydrogen-bond donors (Lipinski definition) is 1. The zero-order chi connectivity index (χ0) is 11.8. The molecule has 0 saturated carbocycles. The van der Waals surface area contributed by atoms with E-state index in [4.69, 9.17) is 4.74 Å². The average Bonchev–Trinajstić information content (AvgIpc) is 2.26. The number of aryl methyl sites for hydroxylation is 1. The van der Waals surface area contributed by atoms with E-state index in [1.54, 1.807) is 0 Å². The standard InChI is InChI=1S/C13H20BrNO/c1-3-7-15-8-4-9-16-13-6-5-12(14)10-11(13)2/h5-6,10,15H,3-4,7-9H2,1-2H3. The summed E-state index contributed by atoms with van der Waals surface area (Å²) in [5.74, 6) is 0.985. The molecule has 0 aliphatic heterocycles. The summed E-state index contributed by atoms with van der Waals surface area (Å²) in [7, 11) is 0. The summed E-state index contributed by atoms with van der Waals surface area (Å²) in [6, 6.07) is 6.10. The number of hydrogen-bond acceptors (Lipinski definition) is 2. The van der Waals surface area contributed by atoms with Crippen LogP contribution in [0, 0.1) is 6.92 Å². The van der Waals surface area contributed by atoms with Crippen molar-refractivity contribution in [1.82, 2.24) is 5.32 Å². The molecule has 1 aromatic rings. The number of benzene rings is 1. The summed E-state index contributed by atoms with van der Waals surface area (Å²) < 4.78 is 6.81. The highest BCUT2D eigenvalue weighted by atomic mass is 79.9. The van der Waals surface area contributed by atoms with Gasteiger partial charge in [0.1, 0.15) is 5.75 Å². The van der Waals surface area contributed by atoms with Crippen molar-refractivity contribution < 1.29 is 4.74 Å². The second-order valence-electron chi connectivity index (χ2n) is 3.86. The van der Waals surface area contributed by atoms with E-state index in [0.717, 1.165) is 36.3 Å². The van der Waals surface area contributed by atoms with Crippen LogP contribution < -0.4 is 10.1 Å². The zero-order valence-corrected chi connectivity index (χ0v) is 11.6. The van der Waals surface area contributed by atoms with Crippen molar-refractivity contribution >= 4 is 15.9 Å². The molecule has 1 N–H and O–H groups in total. The van der Waals surface area contributed by atoms with Crippen LogP contribution in [0.5, 0.6) is 5.75 Å². The van der Waals surface area contributed by atoms with Gasteiger partial charge in [-0.2, -0.15) is 0 Å². The molecular weight excluding hydrogens is 266 g/mol. The van der Waals surface area contributed by atoms with Gasteiger partial charge in [0.25, 0.3) is 0 Å². The molecule has 0 unspecified atom stereocenters. The monoisotopic (exact) mass is 285 g/mol. The molecule has 0 aromatic heterocycles. The molecule has 0 heterocycles. The van der Waals surface area contributed by atoms with E-state index in [1.165, 1.54) is 12.0 Å². The quantitative estimate of drug-likeness (QED) is 0.774. The topological polar surface area (TPSA) is 21.3 Å². The van der Waals surface area contributed by atoms with Crippen LogP contribution in [0.4, 0.5) is 0 Å². The fourth-order valence-electron chi connectivity index (χ4n) is 1.46.